The van der Waals surface area contributed by atoms with Gasteiger partial charge in [-0.1, -0.05) is 48.0 Å². The molecule has 170 valence electrons. The molecule has 1 heteroatoms. The maximum atomic E-state index is 12.7. The molecule has 0 unspecified atom stereocenters. The normalized spacial score (nSPS) is 57.0. The van der Waals surface area contributed by atoms with Crippen LogP contribution in [0.25, 0.3) is 0 Å². The number of fused-ring (bicyclic) bond motifs is 7. The lowest BCUT2D eigenvalue weighted by Crippen LogP contribution is -2.65. The molecule has 0 amide bonds. The lowest BCUT2D eigenvalue weighted by molar-refractivity contribution is -0.235. The Hall–Kier alpha value is -0.330. The van der Waals surface area contributed by atoms with Crippen molar-refractivity contribution in [2.45, 2.75) is 119 Å². The van der Waals surface area contributed by atoms with Crippen molar-refractivity contribution in [1.82, 2.24) is 0 Å². The highest BCUT2D eigenvalue weighted by Crippen LogP contribution is 2.77. The van der Waals surface area contributed by atoms with Gasteiger partial charge in [0.15, 0.2) is 0 Å². The molecule has 5 rings (SSSR count). The molecule has 0 aromatic carbocycles. The monoisotopic (exact) mass is 412 g/mol. The Kier molecular flexibility index (Phi) is 4.57. The molecule has 1 nitrogen and oxygen atoms in total. The lowest BCUT2D eigenvalue weighted by Gasteiger charge is -2.72. The Morgan fingerprint density at radius 3 is 2.13 bits per heavy atom. The zero-order chi connectivity index (χ0) is 21.7. The van der Waals surface area contributed by atoms with Crippen LogP contribution >= 0.6 is 0 Å². The first kappa shape index (κ1) is 21.5. The number of hydrogen-bond acceptors (Lipinski definition) is 1. The second kappa shape index (κ2) is 6.38. The highest BCUT2D eigenvalue weighted by molar-refractivity contribution is 5.79. The van der Waals surface area contributed by atoms with Crippen LogP contribution in [-0.4, -0.2) is 5.78 Å². The number of ketones is 1. The smallest absolute Gasteiger partial charge is 0.133 e. The first-order valence-corrected chi connectivity index (χ1v) is 13.4. The van der Waals surface area contributed by atoms with Crippen molar-refractivity contribution in [1.29, 1.82) is 0 Å². The Balaban J connectivity index is 1.55. The first-order valence-electron chi connectivity index (χ1n) is 13.4. The van der Waals surface area contributed by atoms with Gasteiger partial charge in [-0.15, -0.1) is 0 Å². The molecular formula is C29H48O. The summed E-state index contributed by atoms with van der Waals surface area (Å²) in [5, 5.41) is 0. The number of rotatable bonds is 1. The molecule has 0 bridgehead atoms. The summed E-state index contributed by atoms with van der Waals surface area (Å²) >= 11 is 0. The fraction of sp³-hybridized carbons (Fsp3) is 0.966. The minimum absolute atomic E-state index is 0.348. The van der Waals surface area contributed by atoms with E-state index in [1.165, 1.54) is 64.2 Å². The molecule has 0 radical (unpaired) electrons. The summed E-state index contributed by atoms with van der Waals surface area (Å²) in [6.45, 7) is 17.7. The van der Waals surface area contributed by atoms with Gasteiger partial charge < -0.3 is 0 Å². The van der Waals surface area contributed by atoms with E-state index in [1.54, 1.807) is 0 Å². The lowest BCUT2D eigenvalue weighted by atomic mass is 9.32. The van der Waals surface area contributed by atoms with E-state index in [4.69, 9.17) is 0 Å². The van der Waals surface area contributed by atoms with Gasteiger partial charge in [0.2, 0.25) is 0 Å². The molecule has 0 spiro atoms. The molecule has 0 aliphatic heterocycles. The van der Waals surface area contributed by atoms with Crippen molar-refractivity contribution in [3.8, 4) is 0 Å². The van der Waals surface area contributed by atoms with Gasteiger partial charge in [-0.3, -0.25) is 4.79 Å². The highest BCUT2D eigenvalue weighted by atomic mass is 16.1. The van der Waals surface area contributed by atoms with Crippen LogP contribution in [0, 0.1) is 56.7 Å². The third kappa shape index (κ3) is 2.50. The van der Waals surface area contributed by atoms with E-state index >= 15 is 0 Å². The average molecular weight is 413 g/mol. The summed E-state index contributed by atoms with van der Waals surface area (Å²) in [5.74, 6) is 4.05. The van der Waals surface area contributed by atoms with Gasteiger partial charge in [0.05, 0.1) is 0 Å². The van der Waals surface area contributed by atoms with Crippen LogP contribution in [-0.2, 0) is 4.79 Å². The third-order valence-corrected chi connectivity index (χ3v) is 13.1. The molecule has 0 aromatic rings. The van der Waals surface area contributed by atoms with Crippen LogP contribution in [0.2, 0.25) is 0 Å². The zero-order valence-corrected chi connectivity index (χ0v) is 21.1. The molecule has 0 N–H and O–H groups in total. The molecule has 0 saturated heterocycles. The molecule has 9 atom stereocenters. The summed E-state index contributed by atoms with van der Waals surface area (Å²) in [5.41, 5.74) is 2.35. The third-order valence-electron chi connectivity index (χ3n) is 13.1. The van der Waals surface area contributed by atoms with Gasteiger partial charge in [-0.2, -0.15) is 0 Å². The molecule has 0 aromatic heterocycles. The van der Waals surface area contributed by atoms with E-state index in [0.29, 0.717) is 44.7 Å². The fourth-order valence-corrected chi connectivity index (χ4v) is 11.5. The van der Waals surface area contributed by atoms with Gasteiger partial charge in [0.1, 0.15) is 5.78 Å². The van der Waals surface area contributed by atoms with Crippen molar-refractivity contribution >= 4 is 5.78 Å². The SMILES string of the molecule is CC(=O)[C@@H]1CC[C@]2(C)CC[C@]3(C)[C@H](CC[C@@H]4[C@@]5(C)CCCC(C)(C)[C@@H]5CC[C@]43C)[C@@H]12. The Morgan fingerprint density at radius 2 is 1.43 bits per heavy atom. The van der Waals surface area contributed by atoms with Crippen molar-refractivity contribution < 1.29 is 4.79 Å². The summed E-state index contributed by atoms with van der Waals surface area (Å²) in [6, 6.07) is 0. The highest BCUT2D eigenvalue weighted by Gasteiger charge is 2.69. The van der Waals surface area contributed by atoms with Gasteiger partial charge in [-0.05, 0) is 122 Å². The molecule has 30 heavy (non-hydrogen) atoms. The summed E-state index contributed by atoms with van der Waals surface area (Å²) in [6.07, 6.45) is 15.2. The zero-order valence-electron chi connectivity index (χ0n) is 21.1. The first-order chi connectivity index (χ1) is 13.9. The van der Waals surface area contributed by atoms with Crippen molar-refractivity contribution in [2.24, 2.45) is 56.7 Å². The van der Waals surface area contributed by atoms with Crippen LogP contribution in [0.3, 0.4) is 0 Å². The molecule has 0 heterocycles. The van der Waals surface area contributed by atoms with Gasteiger partial charge in [0, 0.05) is 5.92 Å². The summed E-state index contributed by atoms with van der Waals surface area (Å²) in [4.78, 5) is 12.7. The van der Waals surface area contributed by atoms with Gasteiger partial charge in [-0.25, -0.2) is 0 Å². The predicted molar refractivity (Wildman–Crippen MR) is 125 cm³/mol. The summed E-state index contributed by atoms with van der Waals surface area (Å²) < 4.78 is 0. The Bertz CT molecular complexity index is 737. The molecule has 5 fully saturated rings. The molecule has 5 aliphatic carbocycles. The topological polar surface area (TPSA) is 17.1 Å². The van der Waals surface area contributed by atoms with Gasteiger partial charge in [0.25, 0.3) is 0 Å². The number of carbonyl (C=O) groups excluding carboxylic acids is 1. The molecular weight excluding hydrogens is 364 g/mol. The summed E-state index contributed by atoms with van der Waals surface area (Å²) in [7, 11) is 0. The Labute approximate surface area is 186 Å². The van der Waals surface area contributed by atoms with E-state index in [0.717, 1.165) is 24.2 Å². The van der Waals surface area contributed by atoms with E-state index in [1.807, 2.05) is 6.92 Å². The van der Waals surface area contributed by atoms with Crippen LogP contribution < -0.4 is 0 Å². The van der Waals surface area contributed by atoms with Crippen LogP contribution in [0.1, 0.15) is 119 Å². The maximum Gasteiger partial charge on any atom is 0.133 e. The molecule has 5 aliphatic rings. The van der Waals surface area contributed by atoms with Crippen molar-refractivity contribution in [2.75, 3.05) is 0 Å². The van der Waals surface area contributed by atoms with E-state index < -0.39 is 0 Å². The molecule has 5 saturated carbocycles. The van der Waals surface area contributed by atoms with Crippen molar-refractivity contribution in [3.05, 3.63) is 0 Å². The van der Waals surface area contributed by atoms with Crippen molar-refractivity contribution in [3.63, 3.8) is 0 Å². The van der Waals surface area contributed by atoms with Gasteiger partial charge >= 0.3 is 0 Å². The maximum absolute atomic E-state index is 12.7. The standard InChI is InChI=1S/C29H48O/c1-19(30)20-11-15-26(4)17-18-28(6)21(24(20)26)9-10-23-27(5)14-8-13-25(2,3)22(27)12-16-29(23,28)7/h20-24H,8-18H2,1-7H3/t20-,21+,22-,23+,24+,26+,27-,28+,29+/m0/s1. The predicted octanol–water partition coefficient (Wildman–Crippen LogP) is 8.07. The largest absolute Gasteiger partial charge is 0.300 e. The van der Waals surface area contributed by atoms with Crippen LogP contribution in [0.4, 0.5) is 0 Å². The van der Waals surface area contributed by atoms with E-state index in [2.05, 4.69) is 41.5 Å². The Morgan fingerprint density at radius 1 is 0.700 bits per heavy atom. The second-order valence-corrected chi connectivity index (χ2v) is 14.4. The van der Waals surface area contributed by atoms with Crippen LogP contribution in [0.5, 0.6) is 0 Å². The minimum atomic E-state index is 0.348. The quantitative estimate of drug-likeness (QED) is 0.425. The average Bonchev–Trinajstić information content (AvgIpc) is 2.99. The minimum Gasteiger partial charge on any atom is -0.300 e. The number of Topliss-reactive ketones (excluding diaryl/α,β-unsaturated/α-hetero) is 1. The van der Waals surface area contributed by atoms with Crippen LogP contribution in [0.15, 0.2) is 0 Å². The number of carbonyl (C=O) groups is 1. The number of hydrogen-bond donors (Lipinski definition) is 0. The second-order valence-electron chi connectivity index (χ2n) is 14.4. The van der Waals surface area contributed by atoms with E-state index in [-0.39, 0.29) is 0 Å². The van der Waals surface area contributed by atoms with E-state index in [9.17, 15) is 4.79 Å². The fourth-order valence-electron chi connectivity index (χ4n) is 11.5.